The Hall–Kier alpha value is -1.66. The number of likely N-dealkylation sites (N-methyl/N-ethyl adjacent to an activating group) is 1. The molecule has 16 heavy (non-hydrogen) atoms. The molecule has 0 spiro atoms. The van der Waals surface area contributed by atoms with Gasteiger partial charge < -0.3 is 5.11 Å². The Morgan fingerprint density at radius 3 is 2.94 bits per heavy atom. The van der Waals surface area contributed by atoms with Gasteiger partial charge in [-0.1, -0.05) is 0 Å². The highest BCUT2D eigenvalue weighted by Crippen LogP contribution is 2.25. The SMILES string of the molecule is CN1NC(=O)c2ccncc2C1C(=O)O.Cl. The number of carbonyl (C=O) groups excluding carboxylic acids is 1. The Kier molecular flexibility index (Phi) is 3.46. The normalized spacial score (nSPS) is 19.3. The van der Waals surface area contributed by atoms with Crippen LogP contribution in [0.1, 0.15) is 22.0 Å². The zero-order valence-corrected chi connectivity index (χ0v) is 9.19. The maximum atomic E-state index is 11.5. The van der Waals surface area contributed by atoms with Crippen molar-refractivity contribution in [2.45, 2.75) is 6.04 Å². The molecule has 0 saturated heterocycles. The Labute approximate surface area is 97.7 Å². The van der Waals surface area contributed by atoms with Crippen molar-refractivity contribution in [1.29, 1.82) is 0 Å². The Bertz CT molecular complexity index is 438. The lowest BCUT2D eigenvalue weighted by Crippen LogP contribution is -2.49. The highest BCUT2D eigenvalue weighted by Gasteiger charge is 2.34. The van der Waals surface area contributed by atoms with Gasteiger partial charge in [0.1, 0.15) is 0 Å². The number of carboxylic acid groups (broad SMARTS) is 1. The van der Waals surface area contributed by atoms with E-state index in [9.17, 15) is 9.59 Å². The van der Waals surface area contributed by atoms with Gasteiger partial charge in [0.2, 0.25) is 0 Å². The molecule has 0 saturated carbocycles. The average molecular weight is 244 g/mol. The number of aliphatic carboxylic acids is 1. The third kappa shape index (κ3) is 1.84. The summed E-state index contributed by atoms with van der Waals surface area (Å²) in [5.41, 5.74) is 3.22. The van der Waals surface area contributed by atoms with Crippen LogP contribution < -0.4 is 5.43 Å². The van der Waals surface area contributed by atoms with Gasteiger partial charge in [0.05, 0.1) is 0 Å². The molecular formula is C9H10ClN3O3. The van der Waals surface area contributed by atoms with Crippen LogP contribution in [-0.4, -0.2) is 34.0 Å². The molecule has 0 aliphatic carbocycles. The number of pyridine rings is 1. The van der Waals surface area contributed by atoms with Crippen LogP contribution in [0.5, 0.6) is 0 Å². The molecule has 1 aromatic rings. The molecule has 6 nitrogen and oxygen atoms in total. The first kappa shape index (κ1) is 12.4. The first-order valence-corrected chi connectivity index (χ1v) is 4.32. The lowest BCUT2D eigenvalue weighted by Gasteiger charge is -2.30. The number of aromatic nitrogens is 1. The van der Waals surface area contributed by atoms with E-state index < -0.39 is 12.0 Å². The number of nitrogens with zero attached hydrogens (tertiary/aromatic N) is 2. The number of rotatable bonds is 1. The second-order valence-electron chi connectivity index (χ2n) is 3.26. The second kappa shape index (κ2) is 4.46. The van der Waals surface area contributed by atoms with Crippen LogP contribution in [0.4, 0.5) is 0 Å². The molecule has 1 aromatic heterocycles. The number of carbonyl (C=O) groups is 2. The fraction of sp³-hybridized carbons (Fsp3) is 0.222. The minimum Gasteiger partial charge on any atom is -0.480 e. The van der Waals surface area contributed by atoms with Gasteiger partial charge in [-0.2, -0.15) is 0 Å². The van der Waals surface area contributed by atoms with Gasteiger partial charge in [0.25, 0.3) is 5.91 Å². The number of halogens is 1. The number of amides is 1. The van der Waals surface area contributed by atoms with Crippen LogP contribution in [0.3, 0.4) is 0 Å². The van der Waals surface area contributed by atoms with Crippen LogP contribution in [0.2, 0.25) is 0 Å². The standard InChI is InChI=1S/C9H9N3O3.ClH/c1-12-7(9(14)15)6-4-10-3-2-5(6)8(13)11-12;/h2-4,7H,1H3,(H,11,13)(H,14,15);1H. The lowest BCUT2D eigenvalue weighted by molar-refractivity contribution is -0.144. The number of carboxylic acids is 1. The Balaban J connectivity index is 0.00000128. The predicted octanol–water partition coefficient (Wildman–Crippen LogP) is 0.219. The smallest absolute Gasteiger partial charge is 0.327 e. The minimum absolute atomic E-state index is 0. The lowest BCUT2D eigenvalue weighted by atomic mass is 10.0. The molecule has 0 radical (unpaired) electrons. The van der Waals surface area contributed by atoms with Gasteiger partial charge >= 0.3 is 5.97 Å². The molecule has 86 valence electrons. The van der Waals surface area contributed by atoms with Gasteiger partial charge in [-0.05, 0) is 6.07 Å². The summed E-state index contributed by atoms with van der Waals surface area (Å²) in [6.45, 7) is 0. The van der Waals surface area contributed by atoms with Gasteiger partial charge in [-0.3, -0.25) is 20.0 Å². The average Bonchev–Trinajstić information content (AvgIpc) is 2.17. The van der Waals surface area contributed by atoms with Crippen LogP contribution in [0, 0.1) is 0 Å². The third-order valence-corrected chi connectivity index (χ3v) is 2.29. The fourth-order valence-corrected chi connectivity index (χ4v) is 1.62. The highest BCUT2D eigenvalue weighted by molar-refractivity contribution is 5.98. The molecule has 0 fully saturated rings. The van der Waals surface area contributed by atoms with E-state index in [0.29, 0.717) is 11.1 Å². The monoisotopic (exact) mass is 243 g/mol. The van der Waals surface area contributed by atoms with Crippen LogP contribution in [0.15, 0.2) is 18.5 Å². The van der Waals surface area contributed by atoms with Gasteiger partial charge in [0.15, 0.2) is 6.04 Å². The van der Waals surface area contributed by atoms with Crippen molar-refractivity contribution in [2.75, 3.05) is 7.05 Å². The largest absolute Gasteiger partial charge is 0.480 e. The third-order valence-electron chi connectivity index (χ3n) is 2.29. The molecule has 2 rings (SSSR count). The topological polar surface area (TPSA) is 82.5 Å². The summed E-state index contributed by atoms with van der Waals surface area (Å²) in [5, 5.41) is 10.3. The van der Waals surface area contributed by atoms with Crippen molar-refractivity contribution in [3.05, 3.63) is 29.6 Å². The van der Waals surface area contributed by atoms with E-state index in [-0.39, 0.29) is 18.3 Å². The number of hydrogen-bond acceptors (Lipinski definition) is 4. The summed E-state index contributed by atoms with van der Waals surface area (Å²) in [6.07, 6.45) is 2.87. The summed E-state index contributed by atoms with van der Waals surface area (Å²) in [4.78, 5) is 26.3. The molecular weight excluding hydrogens is 234 g/mol. The van der Waals surface area contributed by atoms with Crippen molar-refractivity contribution in [2.24, 2.45) is 0 Å². The minimum atomic E-state index is -1.02. The molecule has 1 amide bonds. The number of hydrazine groups is 1. The summed E-state index contributed by atoms with van der Waals surface area (Å²) in [6, 6.07) is 0.625. The molecule has 1 atom stereocenters. The van der Waals surface area contributed by atoms with E-state index in [1.54, 1.807) is 0 Å². The molecule has 7 heteroatoms. The van der Waals surface area contributed by atoms with Crippen LogP contribution in [-0.2, 0) is 4.79 Å². The Morgan fingerprint density at radius 1 is 1.62 bits per heavy atom. The van der Waals surface area contributed by atoms with E-state index in [1.807, 2.05) is 0 Å². The van der Waals surface area contributed by atoms with Gasteiger partial charge in [-0.15, -0.1) is 12.4 Å². The summed E-state index contributed by atoms with van der Waals surface area (Å²) in [5.74, 6) is -1.33. The maximum Gasteiger partial charge on any atom is 0.327 e. The van der Waals surface area contributed by atoms with Gasteiger partial charge in [0, 0.05) is 30.6 Å². The first-order valence-electron chi connectivity index (χ1n) is 4.32. The van der Waals surface area contributed by atoms with Crippen molar-refractivity contribution in [3.8, 4) is 0 Å². The number of fused-ring (bicyclic) bond motifs is 1. The van der Waals surface area contributed by atoms with Crippen molar-refractivity contribution >= 4 is 24.3 Å². The molecule has 1 aliphatic rings. The predicted molar refractivity (Wildman–Crippen MR) is 57.1 cm³/mol. The zero-order valence-electron chi connectivity index (χ0n) is 8.38. The molecule has 0 aromatic carbocycles. The molecule has 1 aliphatic heterocycles. The molecule has 2 N–H and O–H groups in total. The molecule has 2 heterocycles. The van der Waals surface area contributed by atoms with Crippen molar-refractivity contribution in [1.82, 2.24) is 15.4 Å². The Morgan fingerprint density at radius 2 is 2.31 bits per heavy atom. The van der Waals surface area contributed by atoms with E-state index in [2.05, 4.69) is 10.4 Å². The summed E-state index contributed by atoms with van der Waals surface area (Å²) >= 11 is 0. The quantitative estimate of drug-likeness (QED) is 0.737. The maximum absolute atomic E-state index is 11.5. The van der Waals surface area contributed by atoms with Crippen molar-refractivity contribution < 1.29 is 14.7 Å². The molecule has 1 unspecified atom stereocenters. The van der Waals surface area contributed by atoms with Crippen LogP contribution >= 0.6 is 12.4 Å². The van der Waals surface area contributed by atoms with Crippen molar-refractivity contribution in [3.63, 3.8) is 0 Å². The van der Waals surface area contributed by atoms with E-state index in [1.165, 1.54) is 30.5 Å². The summed E-state index contributed by atoms with van der Waals surface area (Å²) in [7, 11) is 1.51. The number of nitrogens with one attached hydrogen (secondary N) is 1. The first-order chi connectivity index (χ1) is 7.11. The van der Waals surface area contributed by atoms with Gasteiger partial charge in [-0.25, -0.2) is 5.01 Å². The van der Waals surface area contributed by atoms with E-state index >= 15 is 0 Å². The van der Waals surface area contributed by atoms with E-state index in [0.717, 1.165) is 0 Å². The second-order valence-corrected chi connectivity index (χ2v) is 3.26. The molecule has 0 bridgehead atoms. The zero-order chi connectivity index (χ0) is 11.0. The fourth-order valence-electron chi connectivity index (χ4n) is 1.62. The number of hydrogen-bond donors (Lipinski definition) is 2. The van der Waals surface area contributed by atoms with E-state index in [4.69, 9.17) is 5.11 Å². The van der Waals surface area contributed by atoms with Crippen LogP contribution in [0.25, 0.3) is 0 Å². The highest BCUT2D eigenvalue weighted by atomic mass is 35.5. The summed E-state index contributed by atoms with van der Waals surface area (Å²) < 4.78 is 0.